The van der Waals surface area contributed by atoms with Gasteiger partial charge in [-0.2, -0.15) is 0 Å². The first-order valence-corrected chi connectivity index (χ1v) is 13.1. The van der Waals surface area contributed by atoms with Gasteiger partial charge in [-0.3, -0.25) is 4.79 Å². The van der Waals surface area contributed by atoms with Crippen molar-refractivity contribution in [2.75, 3.05) is 35.0 Å². The SMILES string of the molecule is COc1cc(C(=O)CO)cc(OC)c1OCc1ccccc1.COc1cc(C(=O)O)cc(OC)c1OCc1ccccc1. The zero-order valence-corrected chi connectivity index (χ0v) is 24.4. The molecule has 2 N–H and O–H groups in total. The van der Waals surface area contributed by atoms with Gasteiger partial charge in [0, 0.05) is 5.56 Å². The van der Waals surface area contributed by atoms with E-state index < -0.39 is 18.4 Å². The zero-order chi connectivity index (χ0) is 31.2. The molecule has 226 valence electrons. The molecular formula is C33H34O10. The van der Waals surface area contributed by atoms with Gasteiger partial charge in [0.2, 0.25) is 11.5 Å². The summed E-state index contributed by atoms with van der Waals surface area (Å²) >= 11 is 0. The summed E-state index contributed by atoms with van der Waals surface area (Å²) in [7, 11) is 5.88. The summed E-state index contributed by atoms with van der Waals surface area (Å²) in [4.78, 5) is 22.7. The Labute approximate surface area is 249 Å². The maximum Gasteiger partial charge on any atom is 0.335 e. The van der Waals surface area contributed by atoms with Crippen LogP contribution < -0.4 is 28.4 Å². The number of carbonyl (C=O) groups excluding carboxylic acids is 1. The van der Waals surface area contributed by atoms with Crippen LogP contribution in [0.1, 0.15) is 31.8 Å². The number of hydrogen-bond donors (Lipinski definition) is 2. The molecule has 0 unspecified atom stereocenters. The molecule has 43 heavy (non-hydrogen) atoms. The van der Waals surface area contributed by atoms with Crippen molar-refractivity contribution in [2.24, 2.45) is 0 Å². The molecular weight excluding hydrogens is 556 g/mol. The predicted octanol–water partition coefficient (Wildman–Crippen LogP) is 5.44. The molecule has 4 rings (SSSR count). The van der Waals surface area contributed by atoms with Gasteiger partial charge in [0.05, 0.1) is 34.0 Å². The lowest BCUT2D eigenvalue weighted by Crippen LogP contribution is -2.07. The maximum atomic E-state index is 11.6. The van der Waals surface area contributed by atoms with Crippen molar-refractivity contribution in [2.45, 2.75) is 13.2 Å². The van der Waals surface area contributed by atoms with Gasteiger partial charge in [-0.05, 0) is 35.4 Å². The lowest BCUT2D eigenvalue weighted by Gasteiger charge is -2.15. The van der Waals surface area contributed by atoms with E-state index in [0.717, 1.165) is 11.1 Å². The van der Waals surface area contributed by atoms with Crippen LogP contribution in [0.25, 0.3) is 0 Å². The number of ether oxygens (including phenoxy) is 6. The fourth-order valence-corrected chi connectivity index (χ4v) is 3.88. The maximum absolute atomic E-state index is 11.6. The average Bonchev–Trinajstić information content (AvgIpc) is 3.06. The zero-order valence-electron chi connectivity index (χ0n) is 24.4. The number of rotatable bonds is 13. The van der Waals surface area contributed by atoms with Crippen molar-refractivity contribution in [3.63, 3.8) is 0 Å². The van der Waals surface area contributed by atoms with Crippen LogP contribution in [0, 0.1) is 0 Å². The second-order valence-electron chi connectivity index (χ2n) is 8.85. The number of carboxylic acid groups (broad SMARTS) is 1. The monoisotopic (exact) mass is 590 g/mol. The first-order chi connectivity index (χ1) is 20.8. The van der Waals surface area contributed by atoms with Crippen LogP contribution in [0.4, 0.5) is 0 Å². The molecule has 4 aromatic rings. The van der Waals surface area contributed by atoms with Crippen LogP contribution in [-0.4, -0.2) is 57.0 Å². The minimum atomic E-state index is -1.05. The highest BCUT2D eigenvalue weighted by molar-refractivity contribution is 5.98. The van der Waals surface area contributed by atoms with E-state index in [-0.39, 0.29) is 5.56 Å². The highest BCUT2D eigenvalue weighted by atomic mass is 16.5. The van der Waals surface area contributed by atoms with Crippen LogP contribution in [0.5, 0.6) is 34.5 Å². The molecule has 0 heterocycles. The Morgan fingerprint density at radius 3 is 1.23 bits per heavy atom. The molecule has 0 aromatic heterocycles. The van der Waals surface area contributed by atoms with Gasteiger partial charge < -0.3 is 38.6 Å². The van der Waals surface area contributed by atoms with Gasteiger partial charge in [0.1, 0.15) is 19.8 Å². The number of aromatic carboxylic acids is 1. The highest BCUT2D eigenvalue weighted by Gasteiger charge is 2.18. The molecule has 0 radical (unpaired) electrons. The standard InChI is InChI=1S/C17H18O5.C16H16O5/c1-20-15-8-13(14(19)10-18)9-16(21-2)17(15)22-11-12-6-4-3-5-7-12;1-19-13-8-12(16(17)18)9-14(20-2)15(13)21-10-11-6-4-3-5-7-11/h3-9,18H,10-11H2,1-2H3;3-9H,10H2,1-2H3,(H,17,18). The Kier molecular flexibility index (Phi) is 12.2. The van der Waals surface area contributed by atoms with Gasteiger partial charge in [-0.1, -0.05) is 60.7 Å². The quantitative estimate of drug-likeness (QED) is 0.194. The molecule has 0 atom stereocenters. The Morgan fingerprint density at radius 1 is 0.581 bits per heavy atom. The van der Waals surface area contributed by atoms with E-state index in [0.29, 0.717) is 53.3 Å². The molecule has 0 saturated heterocycles. The van der Waals surface area contributed by atoms with Crippen molar-refractivity contribution in [1.29, 1.82) is 0 Å². The lowest BCUT2D eigenvalue weighted by atomic mass is 10.1. The molecule has 0 saturated carbocycles. The summed E-state index contributed by atoms with van der Waals surface area (Å²) in [5.74, 6) is 0.745. The highest BCUT2D eigenvalue weighted by Crippen LogP contribution is 2.40. The van der Waals surface area contributed by atoms with E-state index in [9.17, 15) is 9.59 Å². The smallest absolute Gasteiger partial charge is 0.335 e. The number of ketones is 1. The second kappa shape index (κ2) is 16.3. The minimum absolute atomic E-state index is 0.0794. The minimum Gasteiger partial charge on any atom is -0.493 e. The number of methoxy groups -OCH3 is 4. The second-order valence-corrected chi connectivity index (χ2v) is 8.85. The number of carboxylic acids is 1. The van der Waals surface area contributed by atoms with Gasteiger partial charge in [-0.15, -0.1) is 0 Å². The predicted molar refractivity (Wildman–Crippen MR) is 159 cm³/mol. The molecule has 0 aliphatic carbocycles. The molecule has 0 fully saturated rings. The summed E-state index contributed by atoms with van der Waals surface area (Å²) in [6, 6.07) is 25.2. The fourth-order valence-electron chi connectivity index (χ4n) is 3.88. The van der Waals surface area contributed by atoms with Crippen molar-refractivity contribution < 1.29 is 48.2 Å². The van der Waals surface area contributed by atoms with Gasteiger partial charge in [0.15, 0.2) is 28.8 Å². The van der Waals surface area contributed by atoms with Crippen LogP contribution >= 0.6 is 0 Å². The summed E-state index contributed by atoms with van der Waals surface area (Å²) in [5.41, 5.74) is 2.38. The fraction of sp³-hybridized carbons (Fsp3) is 0.212. The van der Waals surface area contributed by atoms with Crippen LogP contribution in [0.15, 0.2) is 84.9 Å². The lowest BCUT2D eigenvalue weighted by molar-refractivity contribution is 0.0695. The third-order valence-corrected chi connectivity index (χ3v) is 6.09. The first kappa shape index (κ1) is 32.3. The van der Waals surface area contributed by atoms with E-state index in [1.807, 2.05) is 60.7 Å². The van der Waals surface area contributed by atoms with E-state index in [2.05, 4.69) is 0 Å². The number of carbonyl (C=O) groups is 2. The van der Waals surface area contributed by atoms with Crippen molar-refractivity contribution in [3.05, 3.63) is 107 Å². The normalized spacial score (nSPS) is 10.1. The number of aliphatic hydroxyl groups is 1. The molecule has 0 aliphatic heterocycles. The summed E-state index contributed by atoms with van der Waals surface area (Å²) < 4.78 is 32.5. The van der Waals surface area contributed by atoms with Crippen LogP contribution in [-0.2, 0) is 13.2 Å². The van der Waals surface area contributed by atoms with E-state index in [1.54, 1.807) is 0 Å². The molecule has 0 spiro atoms. The molecule has 0 bridgehead atoms. The summed E-state index contributed by atoms with van der Waals surface area (Å²) in [5, 5.41) is 18.0. The first-order valence-electron chi connectivity index (χ1n) is 13.1. The molecule has 4 aromatic carbocycles. The third kappa shape index (κ3) is 8.88. The number of hydrogen-bond acceptors (Lipinski definition) is 9. The van der Waals surface area contributed by atoms with Gasteiger partial charge in [-0.25, -0.2) is 4.79 Å². The number of aliphatic hydroxyl groups excluding tert-OH is 1. The summed E-state index contributed by atoms with van der Waals surface area (Å²) in [6.07, 6.45) is 0. The Hall–Kier alpha value is -5.22. The molecule has 10 heteroatoms. The topological polar surface area (TPSA) is 130 Å². The van der Waals surface area contributed by atoms with Gasteiger partial charge >= 0.3 is 5.97 Å². The number of Topliss-reactive ketones (excluding diaryl/α,β-unsaturated/α-hetero) is 1. The third-order valence-electron chi connectivity index (χ3n) is 6.09. The van der Waals surface area contributed by atoms with E-state index in [4.69, 9.17) is 38.6 Å². The van der Waals surface area contributed by atoms with Crippen molar-refractivity contribution >= 4 is 11.8 Å². The van der Waals surface area contributed by atoms with Gasteiger partial charge in [0.25, 0.3) is 0 Å². The average molecular weight is 591 g/mol. The van der Waals surface area contributed by atoms with E-state index in [1.165, 1.54) is 52.7 Å². The Morgan fingerprint density at radius 2 is 0.930 bits per heavy atom. The van der Waals surface area contributed by atoms with Crippen LogP contribution in [0.3, 0.4) is 0 Å². The van der Waals surface area contributed by atoms with Crippen molar-refractivity contribution in [1.82, 2.24) is 0 Å². The van der Waals surface area contributed by atoms with Crippen molar-refractivity contribution in [3.8, 4) is 34.5 Å². The Bertz CT molecular complexity index is 1440. The van der Waals surface area contributed by atoms with E-state index >= 15 is 0 Å². The summed E-state index contributed by atoms with van der Waals surface area (Å²) in [6.45, 7) is 0.108. The van der Waals surface area contributed by atoms with Crippen LogP contribution in [0.2, 0.25) is 0 Å². The number of benzene rings is 4. The molecule has 0 aliphatic rings. The molecule has 0 amide bonds. The molecule has 10 nitrogen and oxygen atoms in total. The largest absolute Gasteiger partial charge is 0.493 e. The Balaban J connectivity index is 0.000000236.